The van der Waals surface area contributed by atoms with Crippen molar-refractivity contribution in [2.75, 3.05) is 26.2 Å². The second-order valence-electron chi connectivity index (χ2n) is 6.11. The topological polar surface area (TPSA) is 43.8 Å². The van der Waals surface area contributed by atoms with E-state index >= 15 is 0 Å². The number of aliphatic hydroxyl groups is 1. The molecule has 2 aliphatic rings. The molecule has 1 fully saturated rings. The van der Waals surface area contributed by atoms with E-state index in [2.05, 4.69) is 23.1 Å². The first-order valence-electron chi connectivity index (χ1n) is 7.97. The van der Waals surface area contributed by atoms with Gasteiger partial charge in [-0.25, -0.2) is 0 Å². The first kappa shape index (κ1) is 14.5. The van der Waals surface area contributed by atoms with Crippen LogP contribution in [0.5, 0.6) is 0 Å². The number of hydrogen-bond acceptors (Lipinski definition) is 3. The molecule has 1 saturated carbocycles. The van der Waals surface area contributed by atoms with Gasteiger partial charge in [0, 0.05) is 25.7 Å². The van der Waals surface area contributed by atoms with Crippen LogP contribution in [0.25, 0.3) is 0 Å². The van der Waals surface area contributed by atoms with Crippen LogP contribution < -0.4 is 0 Å². The van der Waals surface area contributed by atoms with Crippen molar-refractivity contribution >= 4 is 5.91 Å². The predicted molar refractivity (Wildman–Crippen MR) is 81.9 cm³/mol. The summed E-state index contributed by atoms with van der Waals surface area (Å²) in [4.78, 5) is 16.7. The van der Waals surface area contributed by atoms with Crippen molar-refractivity contribution in [3.05, 3.63) is 35.4 Å². The van der Waals surface area contributed by atoms with E-state index in [1.807, 2.05) is 11.0 Å². The number of amides is 1. The Bertz CT molecular complexity index is 499. The molecule has 3 rings (SSSR count). The highest BCUT2D eigenvalue weighted by molar-refractivity contribution is 5.78. The molecule has 4 nitrogen and oxygen atoms in total. The van der Waals surface area contributed by atoms with Gasteiger partial charge in [0.05, 0.1) is 13.2 Å². The van der Waals surface area contributed by atoms with Gasteiger partial charge in [0.2, 0.25) is 5.91 Å². The predicted octanol–water partition coefficient (Wildman–Crippen LogP) is 1.42. The van der Waals surface area contributed by atoms with Crippen LogP contribution in [0.2, 0.25) is 0 Å². The SMILES string of the molecule is O=C(CN(CCO)C1CCC1)N1CCc2ccccc2C1. The molecule has 21 heavy (non-hydrogen) atoms. The largest absolute Gasteiger partial charge is 0.395 e. The lowest BCUT2D eigenvalue weighted by molar-refractivity contribution is -0.134. The van der Waals surface area contributed by atoms with Crippen molar-refractivity contribution in [2.45, 2.75) is 38.3 Å². The molecule has 0 unspecified atom stereocenters. The highest BCUT2D eigenvalue weighted by Crippen LogP contribution is 2.25. The molecular weight excluding hydrogens is 264 g/mol. The van der Waals surface area contributed by atoms with Gasteiger partial charge in [-0.1, -0.05) is 30.7 Å². The van der Waals surface area contributed by atoms with E-state index in [1.165, 1.54) is 17.5 Å². The van der Waals surface area contributed by atoms with Crippen LogP contribution in [0.3, 0.4) is 0 Å². The fourth-order valence-corrected chi connectivity index (χ4v) is 3.25. The smallest absolute Gasteiger partial charge is 0.237 e. The third-order valence-electron chi connectivity index (χ3n) is 4.80. The van der Waals surface area contributed by atoms with Crippen LogP contribution in [-0.2, 0) is 17.8 Å². The van der Waals surface area contributed by atoms with Crippen molar-refractivity contribution in [1.29, 1.82) is 0 Å². The van der Waals surface area contributed by atoms with Gasteiger partial charge in [0.15, 0.2) is 0 Å². The molecule has 0 spiro atoms. The standard InChI is InChI=1S/C17H24N2O2/c20-11-10-18(16-6-3-7-16)13-17(21)19-9-8-14-4-1-2-5-15(14)12-19/h1-2,4-5,16,20H,3,6-13H2. The van der Waals surface area contributed by atoms with Gasteiger partial charge in [0.1, 0.15) is 0 Å². The third-order valence-corrected chi connectivity index (χ3v) is 4.80. The van der Waals surface area contributed by atoms with Crippen molar-refractivity contribution in [3.63, 3.8) is 0 Å². The molecule has 0 bridgehead atoms. The maximum absolute atomic E-state index is 12.5. The first-order chi connectivity index (χ1) is 10.3. The summed E-state index contributed by atoms with van der Waals surface area (Å²) in [5, 5.41) is 9.19. The normalized spacial score (nSPS) is 18.5. The minimum absolute atomic E-state index is 0.132. The molecule has 1 N–H and O–H groups in total. The van der Waals surface area contributed by atoms with E-state index in [1.54, 1.807) is 0 Å². The van der Waals surface area contributed by atoms with Gasteiger partial charge in [-0.2, -0.15) is 0 Å². The van der Waals surface area contributed by atoms with Crippen LogP contribution >= 0.6 is 0 Å². The number of aliphatic hydroxyl groups excluding tert-OH is 1. The van der Waals surface area contributed by atoms with Gasteiger partial charge >= 0.3 is 0 Å². The Kier molecular flexibility index (Phi) is 4.56. The monoisotopic (exact) mass is 288 g/mol. The molecule has 0 radical (unpaired) electrons. The second kappa shape index (κ2) is 6.58. The summed E-state index contributed by atoms with van der Waals surface area (Å²) in [5.74, 6) is 0.199. The number of rotatable bonds is 5. The Hall–Kier alpha value is -1.39. The van der Waals surface area contributed by atoms with Gasteiger partial charge < -0.3 is 10.0 Å². The second-order valence-corrected chi connectivity index (χ2v) is 6.11. The third kappa shape index (κ3) is 3.27. The Labute approximate surface area is 126 Å². The summed E-state index contributed by atoms with van der Waals surface area (Å²) in [6, 6.07) is 8.88. The lowest BCUT2D eigenvalue weighted by Gasteiger charge is -2.38. The molecule has 0 saturated heterocycles. The molecule has 1 aliphatic heterocycles. The lowest BCUT2D eigenvalue weighted by atomic mass is 9.91. The van der Waals surface area contributed by atoms with Crippen LogP contribution in [-0.4, -0.2) is 53.1 Å². The Balaban J connectivity index is 1.60. The zero-order chi connectivity index (χ0) is 14.7. The maximum atomic E-state index is 12.5. The molecule has 1 aliphatic carbocycles. The maximum Gasteiger partial charge on any atom is 0.237 e. The number of carbonyl (C=O) groups excluding carboxylic acids is 1. The average molecular weight is 288 g/mol. The molecule has 114 valence electrons. The van der Waals surface area contributed by atoms with Crippen molar-refractivity contribution in [3.8, 4) is 0 Å². The Morgan fingerprint density at radius 2 is 2.05 bits per heavy atom. The van der Waals surface area contributed by atoms with E-state index in [4.69, 9.17) is 0 Å². The van der Waals surface area contributed by atoms with Crippen LogP contribution in [0, 0.1) is 0 Å². The van der Waals surface area contributed by atoms with Gasteiger partial charge in [0.25, 0.3) is 0 Å². The zero-order valence-electron chi connectivity index (χ0n) is 12.5. The average Bonchev–Trinajstić information content (AvgIpc) is 2.45. The number of carbonyl (C=O) groups is 1. The number of benzene rings is 1. The Morgan fingerprint density at radius 3 is 2.71 bits per heavy atom. The number of hydrogen-bond donors (Lipinski definition) is 1. The van der Waals surface area contributed by atoms with Crippen LogP contribution in [0.1, 0.15) is 30.4 Å². The van der Waals surface area contributed by atoms with Crippen molar-refractivity contribution in [1.82, 2.24) is 9.80 Å². The summed E-state index contributed by atoms with van der Waals surface area (Å²) in [5.41, 5.74) is 2.64. The van der Waals surface area contributed by atoms with Crippen molar-refractivity contribution < 1.29 is 9.90 Å². The van der Waals surface area contributed by atoms with Crippen LogP contribution in [0.4, 0.5) is 0 Å². The molecule has 0 atom stereocenters. The summed E-state index contributed by atoms with van der Waals surface area (Å²) in [7, 11) is 0. The molecule has 0 aromatic heterocycles. The van der Waals surface area contributed by atoms with Crippen molar-refractivity contribution in [2.24, 2.45) is 0 Å². The summed E-state index contributed by atoms with van der Waals surface area (Å²) in [6.07, 6.45) is 4.52. The molecule has 1 heterocycles. The molecule has 1 aromatic rings. The minimum Gasteiger partial charge on any atom is -0.395 e. The summed E-state index contributed by atoms with van der Waals surface area (Å²) in [6.45, 7) is 2.74. The summed E-state index contributed by atoms with van der Waals surface area (Å²) < 4.78 is 0. The quantitative estimate of drug-likeness (QED) is 0.891. The molecule has 1 amide bonds. The van der Waals surface area contributed by atoms with Gasteiger partial charge in [-0.15, -0.1) is 0 Å². The first-order valence-corrected chi connectivity index (χ1v) is 7.97. The zero-order valence-corrected chi connectivity index (χ0v) is 12.5. The summed E-state index contributed by atoms with van der Waals surface area (Å²) >= 11 is 0. The fraction of sp³-hybridized carbons (Fsp3) is 0.588. The number of fused-ring (bicyclic) bond motifs is 1. The lowest BCUT2D eigenvalue weighted by Crippen LogP contribution is -2.48. The molecular formula is C17H24N2O2. The van der Waals surface area contributed by atoms with Gasteiger partial charge in [-0.05, 0) is 30.4 Å². The minimum atomic E-state index is 0.132. The van der Waals surface area contributed by atoms with E-state index in [0.29, 0.717) is 19.1 Å². The van der Waals surface area contributed by atoms with E-state index in [-0.39, 0.29) is 12.5 Å². The van der Waals surface area contributed by atoms with E-state index < -0.39 is 0 Å². The Morgan fingerprint density at radius 1 is 1.29 bits per heavy atom. The highest BCUT2D eigenvalue weighted by atomic mass is 16.3. The molecule has 1 aromatic carbocycles. The van der Waals surface area contributed by atoms with E-state index in [9.17, 15) is 9.90 Å². The molecule has 4 heteroatoms. The highest BCUT2D eigenvalue weighted by Gasteiger charge is 2.28. The van der Waals surface area contributed by atoms with Gasteiger partial charge in [-0.3, -0.25) is 9.69 Å². The fourth-order valence-electron chi connectivity index (χ4n) is 3.25. The van der Waals surface area contributed by atoms with E-state index in [0.717, 1.165) is 32.4 Å². The van der Waals surface area contributed by atoms with Crippen LogP contribution in [0.15, 0.2) is 24.3 Å². The number of nitrogens with zero attached hydrogens (tertiary/aromatic N) is 2.